The molecule has 7 heteroatoms. The van der Waals surface area contributed by atoms with E-state index in [0.29, 0.717) is 12.0 Å². The number of carbonyl (C=O) groups is 2. The van der Waals surface area contributed by atoms with Crippen LogP contribution in [-0.2, 0) is 23.9 Å². The molecule has 6 nitrogen and oxygen atoms in total. The second-order valence-corrected chi connectivity index (χ2v) is 6.13. The van der Waals surface area contributed by atoms with E-state index in [0.717, 1.165) is 29.5 Å². The lowest BCUT2D eigenvalue weighted by molar-refractivity contribution is -0.343. The molecule has 0 radical (unpaired) electrons. The van der Waals surface area contributed by atoms with Crippen molar-refractivity contribution in [3.8, 4) is 0 Å². The van der Waals surface area contributed by atoms with Crippen LogP contribution in [0.2, 0.25) is 0 Å². The number of aryl methyl sites for hydroxylation is 3. The smallest absolute Gasteiger partial charge is 0.352 e. The zero-order valence-electron chi connectivity index (χ0n) is 16.5. The number of benzene rings is 1. The molecule has 0 aliphatic rings. The third-order valence-corrected chi connectivity index (χ3v) is 3.97. The second kappa shape index (κ2) is 12.7. The minimum atomic E-state index is -0.867. The van der Waals surface area contributed by atoms with Gasteiger partial charge in [0.1, 0.15) is 5.92 Å². The molecule has 0 aromatic heterocycles. The molecule has 0 heterocycles. The monoisotopic (exact) mass is 385 g/mol. The minimum absolute atomic E-state index is 0.211. The van der Waals surface area contributed by atoms with Crippen LogP contribution < -0.4 is 0 Å². The van der Waals surface area contributed by atoms with Crippen molar-refractivity contribution in [3.05, 3.63) is 34.4 Å². The van der Waals surface area contributed by atoms with Crippen LogP contribution in [-0.4, -0.2) is 25.2 Å². The number of ketones is 1. The molecule has 0 saturated heterocycles. The summed E-state index contributed by atoms with van der Waals surface area (Å²) in [6.07, 6.45) is 1.40. The molecule has 1 aromatic carbocycles. The van der Waals surface area contributed by atoms with Gasteiger partial charge in [0.25, 0.3) is 0 Å². The number of Topliss-reactive ketones (excluding diaryl/α,β-unsaturated/α-hetero) is 1. The SMILES string of the molecule is CCCCC(C(=O)OOC(C)OC)C(=O)c1c(C)cc(C)cc1C.O=[PH2+]. The van der Waals surface area contributed by atoms with E-state index in [4.69, 9.17) is 19.1 Å². The maximum absolute atomic E-state index is 13.0. The molecule has 146 valence electrons. The van der Waals surface area contributed by atoms with Crippen molar-refractivity contribution in [3.63, 3.8) is 0 Å². The van der Waals surface area contributed by atoms with Gasteiger partial charge in [-0.25, -0.2) is 4.79 Å². The van der Waals surface area contributed by atoms with E-state index in [9.17, 15) is 9.59 Å². The topological polar surface area (TPSA) is 78.9 Å². The summed E-state index contributed by atoms with van der Waals surface area (Å²) in [5.41, 5.74) is 3.43. The average Bonchev–Trinajstić information content (AvgIpc) is 2.60. The lowest BCUT2D eigenvalue weighted by Gasteiger charge is -2.18. The zero-order valence-corrected chi connectivity index (χ0v) is 17.6. The maximum atomic E-state index is 13.0. The van der Waals surface area contributed by atoms with Crippen LogP contribution in [0.25, 0.3) is 0 Å². The summed E-state index contributed by atoms with van der Waals surface area (Å²) in [6, 6.07) is 3.90. The Balaban J connectivity index is 0.00000301. The van der Waals surface area contributed by atoms with Crippen LogP contribution in [0.4, 0.5) is 0 Å². The lowest BCUT2D eigenvalue weighted by atomic mass is 9.87. The number of ether oxygens (including phenoxy) is 1. The Bertz CT molecular complexity index is 579. The highest BCUT2D eigenvalue weighted by atomic mass is 31.0. The van der Waals surface area contributed by atoms with Crippen molar-refractivity contribution in [1.29, 1.82) is 0 Å². The fourth-order valence-electron chi connectivity index (χ4n) is 2.72. The number of rotatable bonds is 9. The molecule has 1 aromatic rings. The minimum Gasteiger partial charge on any atom is -0.352 e. The lowest BCUT2D eigenvalue weighted by Crippen LogP contribution is -2.29. The summed E-state index contributed by atoms with van der Waals surface area (Å²) in [6.45, 7) is 9.37. The highest BCUT2D eigenvalue weighted by Gasteiger charge is 2.31. The highest BCUT2D eigenvalue weighted by Crippen LogP contribution is 2.24. The predicted molar refractivity (Wildman–Crippen MR) is 102 cm³/mol. The van der Waals surface area contributed by atoms with Crippen LogP contribution in [0.15, 0.2) is 12.1 Å². The number of methoxy groups -OCH3 is 1. The highest BCUT2D eigenvalue weighted by molar-refractivity contribution is 7.00. The first-order valence-electron chi connectivity index (χ1n) is 8.57. The third kappa shape index (κ3) is 7.32. The molecule has 0 spiro atoms. The molecule has 0 fully saturated rings. The molecule has 1 rings (SSSR count). The number of hydrogen-bond acceptors (Lipinski definition) is 6. The number of hydrogen-bond donors (Lipinski definition) is 0. The van der Waals surface area contributed by atoms with Gasteiger partial charge in [-0.15, -0.1) is 0 Å². The first-order chi connectivity index (χ1) is 12.3. The quantitative estimate of drug-likeness (QED) is 0.158. The molecule has 26 heavy (non-hydrogen) atoms. The Morgan fingerprint density at radius 3 is 2.12 bits per heavy atom. The van der Waals surface area contributed by atoms with Crippen molar-refractivity contribution in [1.82, 2.24) is 0 Å². The van der Waals surface area contributed by atoms with Gasteiger partial charge in [-0.1, -0.05) is 42.0 Å². The van der Waals surface area contributed by atoms with Crippen molar-refractivity contribution in [2.45, 2.75) is 60.2 Å². The molecule has 0 amide bonds. The summed E-state index contributed by atoms with van der Waals surface area (Å²) in [4.78, 5) is 35.0. The third-order valence-electron chi connectivity index (χ3n) is 3.97. The summed E-state index contributed by atoms with van der Waals surface area (Å²) in [5.74, 6) is -1.75. The van der Waals surface area contributed by atoms with Crippen molar-refractivity contribution >= 4 is 20.9 Å². The van der Waals surface area contributed by atoms with E-state index in [1.54, 1.807) is 6.92 Å². The molecule has 0 bridgehead atoms. The van der Waals surface area contributed by atoms with E-state index in [-0.39, 0.29) is 5.78 Å². The molecule has 0 aliphatic heterocycles. The summed E-state index contributed by atoms with van der Waals surface area (Å²) < 4.78 is 13.0. The van der Waals surface area contributed by atoms with Crippen LogP contribution in [0, 0.1) is 26.7 Å². The van der Waals surface area contributed by atoms with Crippen LogP contribution >= 0.6 is 9.12 Å². The fraction of sp³-hybridized carbons (Fsp3) is 0.579. The van der Waals surface area contributed by atoms with Gasteiger partial charge in [0.15, 0.2) is 12.1 Å². The van der Waals surface area contributed by atoms with Crippen LogP contribution in [0.3, 0.4) is 0 Å². The molecule has 3 unspecified atom stereocenters. The molecule has 0 N–H and O–H groups in total. The van der Waals surface area contributed by atoms with E-state index in [2.05, 4.69) is 0 Å². The maximum Gasteiger partial charge on any atom is 0.353 e. The van der Waals surface area contributed by atoms with Gasteiger partial charge < -0.3 is 4.74 Å². The van der Waals surface area contributed by atoms with Gasteiger partial charge in [0.05, 0.1) is 0 Å². The van der Waals surface area contributed by atoms with Gasteiger partial charge in [0.2, 0.25) is 0 Å². The first kappa shape index (κ1) is 24.4. The van der Waals surface area contributed by atoms with E-state index >= 15 is 0 Å². The Hall–Kier alpha value is -1.62. The Labute approximate surface area is 157 Å². The van der Waals surface area contributed by atoms with Gasteiger partial charge in [0, 0.05) is 12.7 Å². The van der Waals surface area contributed by atoms with Gasteiger partial charge in [-0.3, -0.25) is 9.68 Å². The number of unbranched alkanes of at least 4 members (excludes halogenated alkanes) is 1. The van der Waals surface area contributed by atoms with E-state index in [1.807, 2.05) is 39.8 Å². The molecule has 0 saturated carbocycles. The second-order valence-electron chi connectivity index (χ2n) is 6.13. The number of carbonyl (C=O) groups excluding carboxylic acids is 2. The molecular formula is C19H30O6P+. The average molecular weight is 385 g/mol. The van der Waals surface area contributed by atoms with Crippen LogP contribution in [0.5, 0.6) is 0 Å². The summed E-state index contributed by atoms with van der Waals surface area (Å²) >= 11 is 0. The Morgan fingerprint density at radius 2 is 1.65 bits per heavy atom. The predicted octanol–water partition coefficient (Wildman–Crippen LogP) is 4.28. The van der Waals surface area contributed by atoms with Crippen LogP contribution in [0.1, 0.15) is 60.2 Å². The van der Waals surface area contributed by atoms with Crippen molar-refractivity contribution in [2.24, 2.45) is 5.92 Å². The van der Waals surface area contributed by atoms with Gasteiger partial charge >= 0.3 is 15.1 Å². The Kier molecular flexibility index (Phi) is 11.9. The first-order valence-corrected chi connectivity index (χ1v) is 9.04. The molecular weight excluding hydrogens is 355 g/mol. The van der Waals surface area contributed by atoms with Gasteiger partial charge in [-0.05, 0) is 45.2 Å². The molecule has 3 atom stereocenters. The standard InChI is InChI=1S/C19H28O5.H2OP/c1-7-8-9-16(19(21)24-23-15(5)22-6)18(20)17-13(3)10-12(2)11-14(17)4;1-2/h10-11,15-16H,7-9H2,1-6H3;2H2/q;+1. The van der Waals surface area contributed by atoms with E-state index < -0.39 is 18.2 Å². The fourth-order valence-corrected chi connectivity index (χ4v) is 2.72. The normalized spacial score (nSPS) is 12.5. The van der Waals surface area contributed by atoms with Crippen molar-refractivity contribution < 1.29 is 28.7 Å². The summed E-state index contributed by atoms with van der Waals surface area (Å²) in [7, 11) is 2.61. The van der Waals surface area contributed by atoms with Gasteiger partial charge in [-0.2, -0.15) is 4.89 Å². The van der Waals surface area contributed by atoms with E-state index in [1.165, 1.54) is 16.2 Å². The largest absolute Gasteiger partial charge is 0.353 e. The zero-order chi connectivity index (χ0) is 20.3. The molecule has 0 aliphatic carbocycles. The Morgan fingerprint density at radius 1 is 1.12 bits per heavy atom. The summed E-state index contributed by atoms with van der Waals surface area (Å²) in [5, 5.41) is 0. The van der Waals surface area contributed by atoms with Crippen molar-refractivity contribution in [2.75, 3.05) is 7.11 Å².